The van der Waals surface area contributed by atoms with Crippen molar-refractivity contribution in [1.82, 2.24) is 4.90 Å². The van der Waals surface area contributed by atoms with Gasteiger partial charge in [-0.2, -0.15) is 0 Å². The summed E-state index contributed by atoms with van der Waals surface area (Å²) < 4.78 is 0. The molecule has 0 heterocycles. The molecule has 5 nitrogen and oxygen atoms in total. The van der Waals surface area contributed by atoms with Gasteiger partial charge in [0.1, 0.15) is 0 Å². The average Bonchev–Trinajstić information content (AvgIpc) is 2.59. The molecule has 0 bridgehead atoms. The van der Waals surface area contributed by atoms with Crippen LogP contribution < -0.4 is 10.2 Å². The molecule has 2 amide bonds. The van der Waals surface area contributed by atoms with Crippen LogP contribution in [0.15, 0.2) is 60.7 Å². The number of hydrogen-bond donors (Lipinski definition) is 1. The minimum absolute atomic E-state index is 0.489. The summed E-state index contributed by atoms with van der Waals surface area (Å²) in [5.41, 5.74) is 1.33. The lowest BCUT2D eigenvalue weighted by Crippen LogP contribution is -2.41. The van der Waals surface area contributed by atoms with Crippen LogP contribution in [0.2, 0.25) is 0 Å². The van der Waals surface area contributed by atoms with E-state index in [1.807, 2.05) is 62.6 Å². The molecule has 1 N–H and O–H groups in total. The van der Waals surface area contributed by atoms with Gasteiger partial charge >= 0.3 is 11.8 Å². The molecule has 0 saturated carbocycles. The molecular formula is C19H23N3O2. The molecule has 0 fully saturated rings. The van der Waals surface area contributed by atoms with Crippen LogP contribution in [-0.4, -0.2) is 43.9 Å². The first-order chi connectivity index (χ1) is 11.6. The smallest absolute Gasteiger partial charge is 0.316 e. The highest BCUT2D eigenvalue weighted by molar-refractivity contribution is 6.44. The molecule has 2 rings (SSSR count). The van der Waals surface area contributed by atoms with Gasteiger partial charge in [0.15, 0.2) is 0 Å². The Morgan fingerprint density at radius 2 is 1.46 bits per heavy atom. The Bertz CT molecular complexity index is 657. The van der Waals surface area contributed by atoms with Crippen LogP contribution in [-0.2, 0) is 9.59 Å². The van der Waals surface area contributed by atoms with Crippen LogP contribution in [0.5, 0.6) is 0 Å². The summed E-state index contributed by atoms with van der Waals surface area (Å²) in [5.74, 6) is -1.18. The van der Waals surface area contributed by atoms with Crippen molar-refractivity contribution >= 4 is 23.2 Å². The molecule has 0 aromatic heterocycles. The van der Waals surface area contributed by atoms with Crippen LogP contribution in [0.3, 0.4) is 0 Å². The molecule has 0 aliphatic rings. The van der Waals surface area contributed by atoms with Gasteiger partial charge in [-0.15, -0.1) is 0 Å². The minimum Gasteiger partial charge on any atom is -0.318 e. The Kier molecular flexibility index (Phi) is 6.51. The van der Waals surface area contributed by atoms with E-state index in [1.165, 1.54) is 4.90 Å². The van der Waals surface area contributed by atoms with Crippen molar-refractivity contribution in [2.45, 2.75) is 6.42 Å². The number of carbonyl (C=O) groups excluding carboxylic acids is 2. The van der Waals surface area contributed by atoms with Crippen LogP contribution in [0.4, 0.5) is 11.4 Å². The van der Waals surface area contributed by atoms with Crippen molar-refractivity contribution in [3.63, 3.8) is 0 Å². The van der Waals surface area contributed by atoms with Gasteiger partial charge in [0.2, 0.25) is 0 Å². The number of nitrogens with zero attached hydrogens (tertiary/aromatic N) is 2. The van der Waals surface area contributed by atoms with Crippen molar-refractivity contribution < 1.29 is 9.59 Å². The molecule has 126 valence electrons. The molecule has 0 aliphatic heterocycles. The molecule has 0 radical (unpaired) electrons. The van der Waals surface area contributed by atoms with Gasteiger partial charge in [0, 0.05) is 17.9 Å². The lowest BCUT2D eigenvalue weighted by Gasteiger charge is -2.23. The summed E-state index contributed by atoms with van der Waals surface area (Å²) in [6, 6.07) is 18.3. The van der Waals surface area contributed by atoms with Crippen molar-refractivity contribution in [2.75, 3.05) is 37.4 Å². The van der Waals surface area contributed by atoms with E-state index in [0.29, 0.717) is 12.2 Å². The van der Waals surface area contributed by atoms with Gasteiger partial charge in [-0.3, -0.25) is 9.59 Å². The van der Waals surface area contributed by atoms with Gasteiger partial charge in [-0.1, -0.05) is 36.4 Å². The topological polar surface area (TPSA) is 52.7 Å². The summed E-state index contributed by atoms with van der Waals surface area (Å²) in [6.45, 7) is 1.33. The summed E-state index contributed by atoms with van der Waals surface area (Å²) in [7, 11) is 3.97. The predicted molar refractivity (Wildman–Crippen MR) is 97.0 cm³/mol. The number of para-hydroxylation sites is 2. The van der Waals surface area contributed by atoms with E-state index in [0.717, 1.165) is 18.7 Å². The molecule has 0 spiro atoms. The van der Waals surface area contributed by atoms with E-state index in [9.17, 15) is 9.59 Å². The standard InChI is InChI=1S/C19H23N3O2/c1-21(2)14-9-15-22(17-12-7-4-8-13-17)19(24)18(23)20-16-10-5-3-6-11-16/h3-8,10-13H,9,14-15H2,1-2H3,(H,20,23). The number of anilines is 2. The number of nitrogens with one attached hydrogen (secondary N) is 1. The Morgan fingerprint density at radius 3 is 2.04 bits per heavy atom. The van der Waals surface area contributed by atoms with Crippen LogP contribution in [0.25, 0.3) is 0 Å². The number of benzene rings is 2. The zero-order valence-corrected chi connectivity index (χ0v) is 14.1. The van der Waals surface area contributed by atoms with Gasteiger partial charge < -0.3 is 15.1 Å². The molecule has 0 unspecified atom stereocenters. The fourth-order valence-corrected chi connectivity index (χ4v) is 2.33. The van der Waals surface area contributed by atoms with Gasteiger partial charge in [0.25, 0.3) is 0 Å². The first kappa shape index (κ1) is 17.7. The van der Waals surface area contributed by atoms with E-state index >= 15 is 0 Å². The second kappa shape index (κ2) is 8.84. The molecule has 24 heavy (non-hydrogen) atoms. The molecule has 0 atom stereocenters. The van der Waals surface area contributed by atoms with Gasteiger partial charge in [-0.25, -0.2) is 0 Å². The van der Waals surface area contributed by atoms with E-state index in [4.69, 9.17) is 0 Å². The molecule has 5 heteroatoms. The predicted octanol–water partition coefficient (Wildman–Crippen LogP) is 2.61. The molecule has 0 aliphatic carbocycles. The summed E-state index contributed by atoms with van der Waals surface area (Å²) >= 11 is 0. The normalized spacial score (nSPS) is 10.5. The minimum atomic E-state index is -0.630. The van der Waals surface area contributed by atoms with Crippen LogP contribution >= 0.6 is 0 Å². The van der Waals surface area contributed by atoms with Crippen molar-refractivity contribution in [3.05, 3.63) is 60.7 Å². The van der Waals surface area contributed by atoms with Crippen molar-refractivity contribution in [3.8, 4) is 0 Å². The molecule has 0 saturated heterocycles. The average molecular weight is 325 g/mol. The molecule has 2 aromatic carbocycles. The highest BCUT2D eigenvalue weighted by atomic mass is 16.2. The summed E-state index contributed by atoms with van der Waals surface area (Å²) in [6.07, 6.45) is 0.784. The monoisotopic (exact) mass is 325 g/mol. The fraction of sp³-hybridized carbons (Fsp3) is 0.263. The Morgan fingerprint density at radius 1 is 0.875 bits per heavy atom. The van der Waals surface area contributed by atoms with E-state index in [2.05, 4.69) is 10.2 Å². The number of rotatable bonds is 6. The highest BCUT2D eigenvalue weighted by Gasteiger charge is 2.23. The zero-order valence-electron chi connectivity index (χ0n) is 14.1. The van der Waals surface area contributed by atoms with Crippen molar-refractivity contribution in [2.24, 2.45) is 0 Å². The van der Waals surface area contributed by atoms with Gasteiger partial charge in [-0.05, 0) is 51.3 Å². The molecule has 2 aromatic rings. The van der Waals surface area contributed by atoms with E-state index in [1.54, 1.807) is 12.1 Å². The number of carbonyl (C=O) groups is 2. The maximum absolute atomic E-state index is 12.6. The lowest BCUT2D eigenvalue weighted by molar-refractivity contribution is -0.134. The highest BCUT2D eigenvalue weighted by Crippen LogP contribution is 2.15. The number of amides is 2. The Balaban J connectivity index is 2.10. The maximum atomic E-state index is 12.6. The van der Waals surface area contributed by atoms with Gasteiger partial charge in [0.05, 0.1) is 0 Å². The van der Waals surface area contributed by atoms with E-state index < -0.39 is 11.8 Å². The zero-order chi connectivity index (χ0) is 17.4. The first-order valence-electron chi connectivity index (χ1n) is 7.95. The fourth-order valence-electron chi connectivity index (χ4n) is 2.33. The molecular weight excluding hydrogens is 302 g/mol. The third-order valence-corrected chi connectivity index (χ3v) is 3.53. The maximum Gasteiger partial charge on any atom is 0.316 e. The third kappa shape index (κ3) is 5.21. The third-order valence-electron chi connectivity index (χ3n) is 3.53. The van der Waals surface area contributed by atoms with E-state index in [-0.39, 0.29) is 0 Å². The van der Waals surface area contributed by atoms with Crippen molar-refractivity contribution in [1.29, 1.82) is 0 Å². The largest absolute Gasteiger partial charge is 0.318 e. The number of hydrogen-bond acceptors (Lipinski definition) is 3. The van der Waals surface area contributed by atoms with Crippen LogP contribution in [0.1, 0.15) is 6.42 Å². The summed E-state index contributed by atoms with van der Waals surface area (Å²) in [4.78, 5) is 28.5. The second-order valence-corrected chi connectivity index (χ2v) is 5.77. The lowest BCUT2D eigenvalue weighted by atomic mass is 10.2. The Labute approximate surface area is 142 Å². The summed E-state index contributed by atoms with van der Waals surface area (Å²) in [5, 5.41) is 2.65. The SMILES string of the molecule is CN(C)CCCN(C(=O)C(=O)Nc1ccccc1)c1ccccc1. The second-order valence-electron chi connectivity index (χ2n) is 5.77. The Hall–Kier alpha value is -2.66. The quantitative estimate of drug-likeness (QED) is 0.831. The van der Waals surface area contributed by atoms with Crippen LogP contribution in [0, 0.1) is 0 Å². The first-order valence-corrected chi connectivity index (χ1v) is 7.95.